The third-order valence-corrected chi connectivity index (χ3v) is 6.45. The molecule has 4 rings (SSSR count). The molecular weight excluding hydrogens is 463 g/mol. The third-order valence-electron chi connectivity index (χ3n) is 6.45. The Labute approximate surface area is 200 Å². The van der Waals surface area contributed by atoms with Gasteiger partial charge < -0.3 is 20.1 Å². The summed E-state index contributed by atoms with van der Waals surface area (Å²) in [5.74, 6) is 1.46. The van der Waals surface area contributed by atoms with Gasteiger partial charge in [-0.3, -0.25) is 4.79 Å². The van der Waals surface area contributed by atoms with E-state index in [9.17, 15) is 18.0 Å². The number of fused-ring (bicyclic) bond motifs is 1. The Morgan fingerprint density at radius 3 is 2.66 bits per heavy atom. The number of amides is 1. The predicted molar refractivity (Wildman–Crippen MR) is 123 cm³/mol. The van der Waals surface area contributed by atoms with Crippen molar-refractivity contribution in [3.05, 3.63) is 47.3 Å². The number of rotatable bonds is 9. The minimum atomic E-state index is -4.62. The van der Waals surface area contributed by atoms with Gasteiger partial charge in [0.15, 0.2) is 11.3 Å². The molecule has 0 spiro atoms. The first-order chi connectivity index (χ1) is 16.7. The van der Waals surface area contributed by atoms with Crippen LogP contribution >= 0.6 is 0 Å². The zero-order valence-electron chi connectivity index (χ0n) is 19.8. The van der Waals surface area contributed by atoms with Crippen LogP contribution in [0.4, 0.5) is 19.0 Å². The third kappa shape index (κ3) is 5.28. The quantitative estimate of drug-likeness (QED) is 0.469. The van der Waals surface area contributed by atoms with Gasteiger partial charge in [-0.15, -0.1) is 5.10 Å². The normalized spacial score (nSPS) is 16.9. The van der Waals surface area contributed by atoms with Crippen LogP contribution in [0.15, 0.2) is 30.3 Å². The summed E-state index contributed by atoms with van der Waals surface area (Å²) < 4.78 is 53.5. The van der Waals surface area contributed by atoms with Crippen molar-refractivity contribution in [2.24, 2.45) is 11.8 Å². The van der Waals surface area contributed by atoms with Crippen LogP contribution in [0.3, 0.4) is 0 Å². The van der Waals surface area contributed by atoms with Gasteiger partial charge in [0.05, 0.1) is 19.9 Å². The molecule has 2 aromatic heterocycles. The molecule has 1 aliphatic rings. The maximum Gasteiger partial charge on any atom is 0.435 e. The average molecular weight is 492 g/mol. The van der Waals surface area contributed by atoms with E-state index in [-0.39, 0.29) is 35.5 Å². The number of anilines is 1. The molecule has 0 aliphatic carbocycles. The Morgan fingerprint density at radius 2 is 2.03 bits per heavy atom. The van der Waals surface area contributed by atoms with Gasteiger partial charge in [0.25, 0.3) is 0 Å². The van der Waals surface area contributed by atoms with Crippen molar-refractivity contribution in [3.63, 3.8) is 0 Å². The zero-order chi connectivity index (χ0) is 25.2. The number of aromatic nitrogens is 3. The SMILES string of the molecule is CCC(Cc1c(C(F)(F)F)nc2ccc(NCc3ccc(OC)cc3OC)nn12)C1CNC(=O)C1. The smallest absolute Gasteiger partial charge is 0.435 e. The van der Waals surface area contributed by atoms with Crippen molar-refractivity contribution in [2.45, 2.75) is 38.9 Å². The van der Waals surface area contributed by atoms with Gasteiger partial charge >= 0.3 is 6.18 Å². The highest BCUT2D eigenvalue weighted by atomic mass is 19.4. The number of benzene rings is 1. The highest BCUT2D eigenvalue weighted by molar-refractivity contribution is 5.78. The van der Waals surface area contributed by atoms with Crippen molar-refractivity contribution >= 4 is 17.4 Å². The van der Waals surface area contributed by atoms with E-state index in [4.69, 9.17) is 9.47 Å². The van der Waals surface area contributed by atoms with Gasteiger partial charge in [-0.05, 0) is 42.5 Å². The highest BCUT2D eigenvalue weighted by Gasteiger charge is 2.40. The van der Waals surface area contributed by atoms with Crippen molar-refractivity contribution in [1.82, 2.24) is 19.9 Å². The van der Waals surface area contributed by atoms with Gasteiger partial charge in [-0.1, -0.05) is 13.3 Å². The van der Waals surface area contributed by atoms with E-state index >= 15 is 0 Å². The topological polar surface area (TPSA) is 89.8 Å². The van der Waals surface area contributed by atoms with Gasteiger partial charge in [0.1, 0.15) is 17.3 Å². The highest BCUT2D eigenvalue weighted by Crippen LogP contribution is 2.35. The molecule has 0 saturated carbocycles. The first kappa shape index (κ1) is 24.6. The fraction of sp³-hybridized carbons (Fsp3) is 0.458. The summed E-state index contributed by atoms with van der Waals surface area (Å²) in [6.07, 6.45) is -3.54. The molecule has 35 heavy (non-hydrogen) atoms. The van der Waals surface area contributed by atoms with Gasteiger partial charge in [0.2, 0.25) is 5.91 Å². The summed E-state index contributed by atoms with van der Waals surface area (Å²) >= 11 is 0. The molecule has 1 saturated heterocycles. The molecule has 1 fully saturated rings. The van der Waals surface area contributed by atoms with Crippen molar-refractivity contribution in [1.29, 1.82) is 0 Å². The first-order valence-corrected chi connectivity index (χ1v) is 11.4. The van der Waals surface area contributed by atoms with Gasteiger partial charge in [-0.25, -0.2) is 9.50 Å². The van der Waals surface area contributed by atoms with Crippen LogP contribution in [0.1, 0.15) is 36.7 Å². The van der Waals surface area contributed by atoms with Crippen LogP contribution in [0, 0.1) is 11.8 Å². The Balaban J connectivity index is 1.64. The number of carbonyl (C=O) groups excluding carboxylic acids is 1. The van der Waals surface area contributed by atoms with E-state index in [0.29, 0.717) is 43.2 Å². The molecule has 2 atom stereocenters. The molecule has 2 unspecified atom stereocenters. The minimum absolute atomic E-state index is 0.00405. The van der Waals surface area contributed by atoms with Crippen LogP contribution in [0.5, 0.6) is 11.5 Å². The Morgan fingerprint density at radius 1 is 1.23 bits per heavy atom. The fourth-order valence-corrected chi connectivity index (χ4v) is 4.52. The summed E-state index contributed by atoms with van der Waals surface area (Å²) in [5.41, 5.74) is 0.0240. The number of nitrogens with one attached hydrogen (secondary N) is 2. The molecule has 8 nitrogen and oxygen atoms in total. The van der Waals surface area contributed by atoms with Gasteiger partial charge in [-0.2, -0.15) is 13.2 Å². The lowest BCUT2D eigenvalue weighted by molar-refractivity contribution is -0.141. The zero-order valence-corrected chi connectivity index (χ0v) is 19.8. The number of imidazole rings is 1. The molecule has 3 aromatic rings. The number of nitrogens with zero attached hydrogens (tertiary/aromatic N) is 3. The molecular formula is C24H28F3N5O3. The minimum Gasteiger partial charge on any atom is -0.497 e. The molecule has 2 N–H and O–H groups in total. The second kappa shape index (κ2) is 10.0. The van der Waals surface area contributed by atoms with E-state index in [1.807, 2.05) is 13.0 Å². The maximum absolute atomic E-state index is 13.9. The second-order valence-electron chi connectivity index (χ2n) is 8.57. The summed E-state index contributed by atoms with van der Waals surface area (Å²) in [4.78, 5) is 15.5. The Bertz CT molecular complexity index is 1210. The summed E-state index contributed by atoms with van der Waals surface area (Å²) in [6, 6.07) is 8.51. The molecule has 11 heteroatoms. The number of hydrogen-bond acceptors (Lipinski definition) is 6. The maximum atomic E-state index is 13.9. The molecule has 3 heterocycles. The Kier molecular flexibility index (Phi) is 7.04. The van der Waals surface area contributed by atoms with E-state index in [0.717, 1.165) is 5.56 Å². The van der Waals surface area contributed by atoms with E-state index in [1.54, 1.807) is 32.4 Å². The standard InChI is InChI=1S/C24H28F3N5O3/c1-4-14(16-10-22(33)29-13-16)9-18-23(24(25,26)27)30-21-8-7-20(31-32(18)21)28-12-15-5-6-17(34-2)11-19(15)35-3/h5-8,11,14,16H,4,9-10,12-13H2,1-3H3,(H,28,31)(H,29,33). The molecule has 1 aromatic carbocycles. The van der Waals surface area contributed by atoms with Crippen molar-refractivity contribution in [2.75, 3.05) is 26.1 Å². The number of hydrogen-bond donors (Lipinski definition) is 2. The Hall–Kier alpha value is -3.50. The largest absolute Gasteiger partial charge is 0.497 e. The molecule has 0 radical (unpaired) electrons. The summed E-state index contributed by atoms with van der Waals surface area (Å²) in [7, 11) is 3.12. The van der Waals surface area contributed by atoms with Crippen LogP contribution < -0.4 is 20.1 Å². The fourth-order valence-electron chi connectivity index (χ4n) is 4.52. The lowest BCUT2D eigenvalue weighted by Gasteiger charge is -2.21. The average Bonchev–Trinajstić information content (AvgIpc) is 3.44. The predicted octanol–water partition coefficient (Wildman–Crippen LogP) is 4.08. The summed E-state index contributed by atoms with van der Waals surface area (Å²) in [6.45, 7) is 2.74. The molecule has 1 aliphatic heterocycles. The first-order valence-electron chi connectivity index (χ1n) is 11.4. The van der Waals surface area contributed by atoms with Gasteiger partial charge in [0, 0.05) is 31.1 Å². The number of carbonyl (C=O) groups is 1. The monoisotopic (exact) mass is 491 g/mol. The van der Waals surface area contributed by atoms with Crippen LogP contribution in [-0.4, -0.2) is 41.3 Å². The lowest BCUT2D eigenvalue weighted by atomic mass is 9.85. The number of methoxy groups -OCH3 is 2. The number of halogens is 3. The summed E-state index contributed by atoms with van der Waals surface area (Å²) in [5, 5.41) is 10.4. The van der Waals surface area contributed by atoms with Crippen LogP contribution in [0.2, 0.25) is 0 Å². The van der Waals surface area contributed by atoms with E-state index in [1.165, 1.54) is 10.6 Å². The lowest BCUT2D eigenvalue weighted by Crippen LogP contribution is -2.22. The van der Waals surface area contributed by atoms with Crippen molar-refractivity contribution in [3.8, 4) is 11.5 Å². The molecule has 1 amide bonds. The van der Waals surface area contributed by atoms with Crippen LogP contribution in [-0.2, 0) is 23.9 Å². The second-order valence-corrected chi connectivity index (χ2v) is 8.57. The number of alkyl halides is 3. The van der Waals surface area contributed by atoms with Crippen molar-refractivity contribution < 1.29 is 27.4 Å². The molecule has 0 bridgehead atoms. The van der Waals surface area contributed by atoms with Crippen LogP contribution in [0.25, 0.3) is 5.65 Å². The van der Waals surface area contributed by atoms with E-state index in [2.05, 4.69) is 20.7 Å². The van der Waals surface area contributed by atoms with E-state index < -0.39 is 11.9 Å². The molecule has 188 valence electrons. The number of ether oxygens (including phenoxy) is 2.